The van der Waals surface area contributed by atoms with Crippen LogP contribution >= 0.6 is 0 Å². The van der Waals surface area contributed by atoms with Crippen LogP contribution in [-0.4, -0.2) is 23.3 Å². The zero-order chi connectivity index (χ0) is 20.2. The molecule has 0 saturated heterocycles. The lowest BCUT2D eigenvalue weighted by Crippen LogP contribution is -2.35. The van der Waals surface area contributed by atoms with E-state index in [-0.39, 0.29) is 17.7 Å². The highest BCUT2D eigenvalue weighted by atomic mass is 16.3. The van der Waals surface area contributed by atoms with Gasteiger partial charge in [0.05, 0.1) is 12.2 Å². The van der Waals surface area contributed by atoms with E-state index in [4.69, 9.17) is 4.42 Å². The van der Waals surface area contributed by atoms with Gasteiger partial charge in [0.25, 0.3) is 5.91 Å². The van der Waals surface area contributed by atoms with Crippen LogP contribution in [0.5, 0.6) is 0 Å². The standard InChI is InChI=1S/C24H24N2O3/c1-2-21(18-7-4-3-5-8-18)23(27)25-20-11-10-17-12-13-26(16-19(17)15-20)24(28)22-9-6-14-29-22/h3-11,14-15,21H,2,12-13,16H2,1H3,(H,25,27). The molecule has 0 saturated carbocycles. The van der Waals surface area contributed by atoms with Crippen molar-refractivity contribution in [1.29, 1.82) is 0 Å². The number of rotatable bonds is 5. The molecule has 2 amide bonds. The van der Waals surface area contributed by atoms with E-state index in [0.717, 1.165) is 29.7 Å². The zero-order valence-electron chi connectivity index (χ0n) is 16.4. The molecule has 5 heteroatoms. The van der Waals surface area contributed by atoms with Crippen LogP contribution in [0.4, 0.5) is 5.69 Å². The van der Waals surface area contributed by atoms with Gasteiger partial charge in [0.2, 0.25) is 5.91 Å². The average Bonchev–Trinajstić information content (AvgIpc) is 3.29. The lowest BCUT2D eigenvalue weighted by Gasteiger charge is -2.28. The zero-order valence-corrected chi connectivity index (χ0v) is 16.4. The average molecular weight is 388 g/mol. The summed E-state index contributed by atoms with van der Waals surface area (Å²) in [5.74, 6) is 0.0407. The van der Waals surface area contributed by atoms with E-state index in [1.54, 1.807) is 17.0 Å². The monoisotopic (exact) mass is 388 g/mol. The summed E-state index contributed by atoms with van der Waals surface area (Å²) in [7, 11) is 0. The molecular weight excluding hydrogens is 364 g/mol. The first-order valence-electron chi connectivity index (χ1n) is 9.96. The van der Waals surface area contributed by atoms with Crippen molar-refractivity contribution in [1.82, 2.24) is 4.90 Å². The molecule has 1 aromatic heterocycles. The minimum absolute atomic E-state index is 0.0158. The lowest BCUT2D eigenvalue weighted by molar-refractivity contribution is -0.117. The van der Waals surface area contributed by atoms with Crippen LogP contribution < -0.4 is 5.32 Å². The molecule has 1 aliphatic heterocycles. The predicted octanol–water partition coefficient (Wildman–Crippen LogP) is 4.61. The van der Waals surface area contributed by atoms with Gasteiger partial charge in [-0.2, -0.15) is 0 Å². The summed E-state index contributed by atoms with van der Waals surface area (Å²) >= 11 is 0. The smallest absolute Gasteiger partial charge is 0.289 e. The molecule has 1 aliphatic rings. The number of hydrogen-bond acceptors (Lipinski definition) is 3. The number of amides is 2. The van der Waals surface area contributed by atoms with Gasteiger partial charge in [-0.25, -0.2) is 0 Å². The molecular formula is C24H24N2O3. The first-order valence-corrected chi connectivity index (χ1v) is 9.96. The van der Waals surface area contributed by atoms with E-state index in [2.05, 4.69) is 5.32 Å². The van der Waals surface area contributed by atoms with Crippen molar-refractivity contribution in [3.8, 4) is 0 Å². The van der Waals surface area contributed by atoms with Crippen molar-refractivity contribution in [2.75, 3.05) is 11.9 Å². The maximum Gasteiger partial charge on any atom is 0.289 e. The number of hydrogen-bond donors (Lipinski definition) is 1. The Balaban J connectivity index is 1.49. The summed E-state index contributed by atoms with van der Waals surface area (Å²) in [5, 5.41) is 3.05. The van der Waals surface area contributed by atoms with Crippen LogP contribution in [0.15, 0.2) is 71.3 Å². The molecule has 3 aromatic rings. The van der Waals surface area contributed by atoms with Gasteiger partial charge >= 0.3 is 0 Å². The number of anilines is 1. The number of furan rings is 1. The molecule has 1 unspecified atom stereocenters. The second-order valence-corrected chi connectivity index (χ2v) is 7.30. The van der Waals surface area contributed by atoms with Gasteiger partial charge in [-0.1, -0.05) is 43.3 Å². The van der Waals surface area contributed by atoms with Crippen LogP contribution in [0.3, 0.4) is 0 Å². The number of benzene rings is 2. The van der Waals surface area contributed by atoms with Crippen molar-refractivity contribution >= 4 is 17.5 Å². The second kappa shape index (κ2) is 8.35. The van der Waals surface area contributed by atoms with E-state index in [1.165, 1.54) is 11.8 Å². The molecule has 1 N–H and O–H groups in total. The van der Waals surface area contributed by atoms with E-state index in [9.17, 15) is 9.59 Å². The van der Waals surface area contributed by atoms with Crippen molar-refractivity contribution < 1.29 is 14.0 Å². The SMILES string of the molecule is CCC(C(=O)Nc1ccc2c(c1)CN(C(=O)c1ccco1)CC2)c1ccccc1. The Bertz CT molecular complexity index is 996. The molecule has 2 aromatic carbocycles. The highest BCUT2D eigenvalue weighted by molar-refractivity contribution is 5.96. The minimum Gasteiger partial charge on any atom is -0.459 e. The molecule has 5 nitrogen and oxygen atoms in total. The maximum atomic E-state index is 12.9. The quantitative estimate of drug-likeness (QED) is 0.694. The van der Waals surface area contributed by atoms with E-state index < -0.39 is 0 Å². The van der Waals surface area contributed by atoms with Crippen LogP contribution in [-0.2, 0) is 17.8 Å². The summed E-state index contributed by atoms with van der Waals surface area (Å²) < 4.78 is 5.25. The van der Waals surface area contributed by atoms with Gasteiger partial charge < -0.3 is 14.6 Å². The third kappa shape index (κ3) is 4.09. The predicted molar refractivity (Wildman–Crippen MR) is 112 cm³/mol. The molecule has 0 spiro atoms. The Morgan fingerprint density at radius 1 is 1.07 bits per heavy atom. The maximum absolute atomic E-state index is 12.9. The molecule has 0 bridgehead atoms. The van der Waals surface area contributed by atoms with Gasteiger partial charge in [0, 0.05) is 18.8 Å². The second-order valence-electron chi connectivity index (χ2n) is 7.30. The Morgan fingerprint density at radius 2 is 1.90 bits per heavy atom. The number of nitrogens with one attached hydrogen (secondary N) is 1. The van der Waals surface area contributed by atoms with Crippen molar-refractivity contribution in [2.45, 2.75) is 32.2 Å². The Hall–Kier alpha value is -3.34. The largest absolute Gasteiger partial charge is 0.459 e. The molecule has 2 heterocycles. The van der Waals surface area contributed by atoms with Gasteiger partial charge in [0.1, 0.15) is 0 Å². The van der Waals surface area contributed by atoms with Gasteiger partial charge in [-0.3, -0.25) is 9.59 Å². The Labute approximate surface area is 170 Å². The highest BCUT2D eigenvalue weighted by Gasteiger charge is 2.24. The van der Waals surface area contributed by atoms with Crippen LogP contribution in [0.2, 0.25) is 0 Å². The summed E-state index contributed by atoms with van der Waals surface area (Å²) in [6.45, 7) is 3.18. The third-order valence-electron chi connectivity index (χ3n) is 5.43. The number of nitrogens with zero attached hydrogens (tertiary/aromatic N) is 1. The lowest BCUT2D eigenvalue weighted by atomic mass is 9.95. The highest BCUT2D eigenvalue weighted by Crippen LogP contribution is 2.26. The Morgan fingerprint density at radius 3 is 2.62 bits per heavy atom. The normalized spacial score (nSPS) is 14.2. The first-order chi connectivity index (χ1) is 14.2. The number of carbonyl (C=O) groups is 2. The van der Waals surface area contributed by atoms with Crippen molar-refractivity contribution in [3.63, 3.8) is 0 Å². The van der Waals surface area contributed by atoms with Gasteiger partial charge in [0.15, 0.2) is 5.76 Å². The van der Waals surface area contributed by atoms with E-state index in [0.29, 0.717) is 18.8 Å². The number of fused-ring (bicyclic) bond motifs is 1. The Kier molecular flexibility index (Phi) is 5.47. The molecule has 0 fully saturated rings. The fourth-order valence-corrected chi connectivity index (χ4v) is 3.85. The molecule has 1 atom stereocenters. The molecule has 148 valence electrons. The fourth-order valence-electron chi connectivity index (χ4n) is 3.85. The number of carbonyl (C=O) groups excluding carboxylic acids is 2. The third-order valence-corrected chi connectivity index (χ3v) is 5.43. The molecule has 29 heavy (non-hydrogen) atoms. The van der Waals surface area contributed by atoms with Crippen LogP contribution in [0, 0.1) is 0 Å². The van der Waals surface area contributed by atoms with E-state index in [1.807, 2.05) is 55.5 Å². The van der Waals surface area contributed by atoms with Crippen molar-refractivity contribution in [3.05, 3.63) is 89.4 Å². The summed E-state index contributed by atoms with van der Waals surface area (Å²) in [4.78, 5) is 27.2. The molecule has 4 rings (SSSR count). The van der Waals surface area contributed by atoms with Gasteiger partial charge in [-0.05, 0) is 53.8 Å². The van der Waals surface area contributed by atoms with Crippen molar-refractivity contribution in [2.24, 2.45) is 0 Å². The molecule has 0 radical (unpaired) electrons. The summed E-state index contributed by atoms with van der Waals surface area (Å²) in [5.41, 5.74) is 4.04. The first kappa shape index (κ1) is 19.0. The van der Waals surface area contributed by atoms with Gasteiger partial charge in [-0.15, -0.1) is 0 Å². The fraction of sp³-hybridized carbons (Fsp3) is 0.250. The topological polar surface area (TPSA) is 62.6 Å². The van der Waals surface area contributed by atoms with Crippen LogP contribution in [0.1, 0.15) is 46.5 Å². The minimum atomic E-state index is -0.190. The van der Waals surface area contributed by atoms with E-state index >= 15 is 0 Å². The summed E-state index contributed by atoms with van der Waals surface area (Å²) in [6.07, 6.45) is 3.03. The molecule has 0 aliphatic carbocycles. The summed E-state index contributed by atoms with van der Waals surface area (Å²) in [6, 6.07) is 19.2. The van der Waals surface area contributed by atoms with Crippen LogP contribution in [0.25, 0.3) is 0 Å².